The van der Waals surface area contributed by atoms with E-state index in [1.807, 2.05) is 0 Å². The zero-order valence-electron chi connectivity index (χ0n) is 6.71. The minimum absolute atomic E-state index is 0.0384. The average molecular weight is 191 g/mol. The van der Waals surface area contributed by atoms with E-state index >= 15 is 0 Å². The minimum atomic E-state index is -0.534. The van der Waals surface area contributed by atoms with Gasteiger partial charge in [-0.05, 0) is 18.2 Å². The van der Waals surface area contributed by atoms with Gasteiger partial charge in [0, 0.05) is 5.56 Å². The fourth-order valence-corrected chi connectivity index (χ4v) is 0.904. The van der Waals surface area contributed by atoms with Gasteiger partial charge in [0.25, 0.3) is 0 Å². The third-order valence-electron chi connectivity index (χ3n) is 1.40. The maximum absolute atomic E-state index is 13.0. The molecule has 0 atom stereocenters. The Morgan fingerprint density at radius 1 is 1.46 bits per heavy atom. The summed E-state index contributed by atoms with van der Waals surface area (Å²) in [4.78, 5) is 0. The number of halogens is 1. The van der Waals surface area contributed by atoms with Crippen molar-refractivity contribution >= 4 is 12.6 Å². The van der Waals surface area contributed by atoms with Gasteiger partial charge in [-0.25, -0.2) is 4.39 Å². The van der Waals surface area contributed by atoms with Crippen LogP contribution in [0.4, 0.5) is 4.39 Å². The highest BCUT2D eigenvalue weighted by Gasteiger charge is 1.99. The van der Waals surface area contributed by atoms with Gasteiger partial charge < -0.3 is 0 Å². The Balaban J connectivity index is 3.04. The Morgan fingerprint density at radius 3 is 2.77 bits per heavy atom. The third kappa shape index (κ3) is 2.50. The Bertz CT molecular complexity index is 409. The van der Waals surface area contributed by atoms with E-state index in [9.17, 15) is 4.39 Å². The topological polar surface area (TPSA) is 23.8 Å². The predicted octanol–water partition coefficient (Wildman–Crippen LogP) is 1.98. The van der Waals surface area contributed by atoms with Crippen molar-refractivity contribution in [2.24, 2.45) is 0 Å². The van der Waals surface area contributed by atoms with Crippen molar-refractivity contribution in [2.45, 2.75) is 0 Å². The maximum atomic E-state index is 13.0. The van der Waals surface area contributed by atoms with E-state index in [4.69, 9.17) is 5.26 Å². The Morgan fingerprint density at radius 2 is 2.23 bits per heavy atom. The first-order valence-electron chi connectivity index (χ1n) is 3.57. The summed E-state index contributed by atoms with van der Waals surface area (Å²) in [5.74, 6) is 5.30. The van der Waals surface area contributed by atoms with Crippen LogP contribution in [0.1, 0.15) is 11.1 Å². The van der Waals surface area contributed by atoms with E-state index in [0.717, 1.165) is 0 Å². The molecule has 0 aliphatic heterocycles. The zero-order chi connectivity index (χ0) is 9.68. The molecule has 0 amide bonds. The lowest BCUT2D eigenvalue weighted by Crippen LogP contribution is -1.84. The van der Waals surface area contributed by atoms with Crippen LogP contribution in [0.3, 0.4) is 0 Å². The van der Waals surface area contributed by atoms with Gasteiger partial charge in [0.1, 0.15) is 11.9 Å². The summed E-state index contributed by atoms with van der Waals surface area (Å²) >= 11 is 3.90. The number of thiol groups is 1. The second kappa shape index (κ2) is 4.54. The van der Waals surface area contributed by atoms with Gasteiger partial charge in [0.05, 0.1) is 11.3 Å². The molecule has 0 radical (unpaired) electrons. The Labute approximate surface area is 81.6 Å². The first-order valence-corrected chi connectivity index (χ1v) is 4.20. The number of hydrogen-bond acceptors (Lipinski definition) is 2. The summed E-state index contributed by atoms with van der Waals surface area (Å²) in [6.07, 6.45) is 0. The number of nitriles is 1. The molecule has 1 rings (SSSR count). The predicted molar refractivity (Wildman–Crippen MR) is 51.8 cm³/mol. The van der Waals surface area contributed by atoms with Crippen molar-refractivity contribution in [3.63, 3.8) is 0 Å². The smallest absolute Gasteiger partial charge is 0.142 e. The molecule has 1 aromatic carbocycles. The minimum Gasteiger partial charge on any atom is -0.206 e. The quantitative estimate of drug-likeness (QED) is 0.492. The highest BCUT2D eigenvalue weighted by Crippen LogP contribution is 2.08. The van der Waals surface area contributed by atoms with Gasteiger partial charge in [-0.2, -0.15) is 17.9 Å². The van der Waals surface area contributed by atoms with Crippen LogP contribution in [0.15, 0.2) is 18.2 Å². The van der Waals surface area contributed by atoms with Crippen molar-refractivity contribution in [1.82, 2.24) is 0 Å². The van der Waals surface area contributed by atoms with Crippen molar-refractivity contribution in [3.05, 3.63) is 35.1 Å². The van der Waals surface area contributed by atoms with Crippen molar-refractivity contribution in [1.29, 1.82) is 5.26 Å². The molecular formula is C10H6FNS. The van der Waals surface area contributed by atoms with Crippen LogP contribution >= 0.6 is 12.6 Å². The fourth-order valence-electron chi connectivity index (χ4n) is 0.825. The Kier molecular flexibility index (Phi) is 3.37. The average Bonchev–Trinajstić information content (AvgIpc) is 2.15. The molecule has 0 aliphatic rings. The molecule has 1 aromatic rings. The first kappa shape index (κ1) is 9.64. The summed E-state index contributed by atoms with van der Waals surface area (Å²) in [5.41, 5.74) is 0.599. The number of nitrogens with zero attached hydrogens (tertiary/aromatic N) is 1. The number of hydrogen-bond donors (Lipinski definition) is 1. The second-order valence-corrected chi connectivity index (χ2v) is 2.58. The molecule has 0 aliphatic carbocycles. The van der Waals surface area contributed by atoms with E-state index in [-0.39, 0.29) is 5.56 Å². The molecule has 0 heterocycles. The lowest BCUT2D eigenvalue weighted by atomic mass is 10.1. The highest BCUT2D eigenvalue weighted by atomic mass is 32.1. The number of benzene rings is 1. The Hall–Kier alpha value is -1.45. The van der Waals surface area contributed by atoms with Gasteiger partial charge in [-0.3, -0.25) is 0 Å². The van der Waals surface area contributed by atoms with Crippen LogP contribution in [-0.2, 0) is 0 Å². The molecule has 0 N–H and O–H groups in total. The lowest BCUT2D eigenvalue weighted by molar-refractivity contribution is 0.623. The normalized spacial score (nSPS) is 8.38. The standard InChI is InChI=1S/C10H6FNS/c11-10-6-8(2-1-5-13)3-4-9(10)7-12/h3-4,6,13H,5H2. The van der Waals surface area contributed by atoms with Gasteiger partial charge >= 0.3 is 0 Å². The molecule has 0 bridgehead atoms. The molecule has 1 nitrogen and oxygen atoms in total. The molecule has 0 aromatic heterocycles. The first-order chi connectivity index (χ1) is 6.27. The van der Waals surface area contributed by atoms with Crippen LogP contribution < -0.4 is 0 Å². The van der Waals surface area contributed by atoms with Crippen LogP contribution in [-0.4, -0.2) is 5.75 Å². The van der Waals surface area contributed by atoms with E-state index in [1.165, 1.54) is 12.1 Å². The second-order valence-electron chi connectivity index (χ2n) is 2.27. The summed E-state index contributed by atoms with van der Waals surface area (Å²) in [5, 5.41) is 8.45. The molecule has 3 heteroatoms. The van der Waals surface area contributed by atoms with Crippen molar-refractivity contribution in [3.8, 4) is 17.9 Å². The van der Waals surface area contributed by atoms with Gasteiger partial charge in [-0.1, -0.05) is 11.8 Å². The van der Waals surface area contributed by atoms with Crippen molar-refractivity contribution < 1.29 is 4.39 Å². The maximum Gasteiger partial charge on any atom is 0.142 e. The molecular weight excluding hydrogens is 185 g/mol. The zero-order valence-corrected chi connectivity index (χ0v) is 7.61. The van der Waals surface area contributed by atoms with Crippen LogP contribution in [0.5, 0.6) is 0 Å². The molecule has 0 saturated carbocycles. The van der Waals surface area contributed by atoms with E-state index < -0.39 is 5.82 Å². The SMILES string of the molecule is N#Cc1ccc(C#CCS)cc1F. The molecule has 64 valence electrons. The summed E-state index contributed by atoms with van der Waals surface area (Å²) in [6, 6.07) is 6.01. The van der Waals surface area contributed by atoms with Crippen LogP contribution in [0, 0.1) is 29.0 Å². The van der Waals surface area contributed by atoms with Gasteiger partial charge in [-0.15, -0.1) is 0 Å². The highest BCUT2D eigenvalue weighted by molar-refractivity contribution is 7.80. The van der Waals surface area contributed by atoms with Crippen molar-refractivity contribution in [2.75, 3.05) is 5.75 Å². The molecule has 0 spiro atoms. The molecule has 13 heavy (non-hydrogen) atoms. The van der Waals surface area contributed by atoms with E-state index in [0.29, 0.717) is 11.3 Å². The number of rotatable bonds is 0. The summed E-state index contributed by atoms with van der Waals surface area (Å²) < 4.78 is 13.0. The summed E-state index contributed by atoms with van der Waals surface area (Å²) in [6.45, 7) is 0. The van der Waals surface area contributed by atoms with Crippen LogP contribution in [0.25, 0.3) is 0 Å². The lowest BCUT2D eigenvalue weighted by Gasteiger charge is -1.93. The summed E-state index contributed by atoms with van der Waals surface area (Å²) in [7, 11) is 0. The fraction of sp³-hybridized carbons (Fsp3) is 0.100. The van der Waals surface area contributed by atoms with E-state index in [2.05, 4.69) is 24.5 Å². The van der Waals surface area contributed by atoms with E-state index in [1.54, 1.807) is 12.1 Å². The van der Waals surface area contributed by atoms with Crippen LogP contribution in [0.2, 0.25) is 0 Å². The van der Waals surface area contributed by atoms with Gasteiger partial charge in [0.2, 0.25) is 0 Å². The molecule has 0 unspecified atom stereocenters. The third-order valence-corrected chi connectivity index (χ3v) is 1.56. The largest absolute Gasteiger partial charge is 0.206 e. The van der Waals surface area contributed by atoms with Gasteiger partial charge in [0.15, 0.2) is 0 Å². The monoisotopic (exact) mass is 191 g/mol. The molecule has 0 fully saturated rings. The molecule has 0 saturated heterocycles.